The first-order valence-corrected chi connectivity index (χ1v) is 6.01. The maximum atomic E-state index is 11.6. The van der Waals surface area contributed by atoms with Crippen LogP contribution in [0.4, 0.5) is 0 Å². The molecule has 2 unspecified atom stereocenters. The molecule has 6 heteroatoms. The molecule has 2 aliphatic rings. The summed E-state index contributed by atoms with van der Waals surface area (Å²) in [7, 11) is 0. The highest BCUT2D eigenvalue weighted by Crippen LogP contribution is 2.12. The van der Waals surface area contributed by atoms with Gasteiger partial charge in [0.05, 0.1) is 18.8 Å². The number of hydrogen-bond acceptors (Lipinski definition) is 6. The topological polar surface area (TPSA) is 77.7 Å². The third-order valence-electron chi connectivity index (χ3n) is 2.58. The lowest BCUT2D eigenvalue weighted by molar-refractivity contribution is -0.139. The average molecular weight is 268 g/mol. The molecule has 0 spiro atoms. The molecule has 2 saturated heterocycles. The lowest BCUT2D eigenvalue weighted by Crippen LogP contribution is -2.13. The van der Waals surface area contributed by atoms with Crippen LogP contribution >= 0.6 is 0 Å². The minimum Gasteiger partial charge on any atom is -0.459 e. The summed E-state index contributed by atoms with van der Waals surface area (Å²) < 4.78 is 19.7. The Bertz CT molecular complexity index is 417. The van der Waals surface area contributed by atoms with Crippen LogP contribution in [0.1, 0.15) is 6.92 Å². The lowest BCUT2D eigenvalue weighted by atomic mass is 10.2. The second kappa shape index (κ2) is 5.99. The Morgan fingerprint density at radius 3 is 2.11 bits per heavy atom. The summed E-state index contributed by atoms with van der Waals surface area (Å²) in [4.78, 5) is 23.1. The van der Waals surface area contributed by atoms with E-state index in [2.05, 4.69) is 6.58 Å². The van der Waals surface area contributed by atoms with Crippen molar-refractivity contribution in [1.29, 1.82) is 0 Å². The van der Waals surface area contributed by atoms with E-state index >= 15 is 0 Å². The highest BCUT2D eigenvalue weighted by Gasteiger charge is 2.25. The van der Waals surface area contributed by atoms with Crippen LogP contribution < -0.4 is 0 Å². The van der Waals surface area contributed by atoms with Crippen molar-refractivity contribution in [3.05, 3.63) is 23.8 Å². The molecule has 0 aliphatic carbocycles. The van der Waals surface area contributed by atoms with E-state index in [0.717, 1.165) is 0 Å². The Balaban J connectivity index is 1.74. The number of carbonyl (C=O) groups excluding carboxylic acids is 2. The molecule has 19 heavy (non-hydrogen) atoms. The SMILES string of the molecule is C=C(/C=C(\C)C(=O)OCC1CO1)C(=O)OCC1CO1. The molecular weight excluding hydrogens is 252 g/mol. The lowest BCUT2D eigenvalue weighted by Gasteiger charge is -2.05. The molecule has 6 nitrogen and oxygen atoms in total. The summed E-state index contributed by atoms with van der Waals surface area (Å²) >= 11 is 0. The second-order valence-corrected chi connectivity index (χ2v) is 4.46. The molecule has 2 rings (SSSR count). The Kier molecular flexibility index (Phi) is 4.34. The predicted octanol–water partition coefficient (Wildman–Crippen LogP) is 0.373. The van der Waals surface area contributed by atoms with Gasteiger partial charge >= 0.3 is 11.9 Å². The number of hydrogen-bond donors (Lipinski definition) is 0. The van der Waals surface area contributed by atoms with Crippen molar-refractivity contribution in [3.8, 4) is 0 Å². The molecular formula is C13H16O6. The summed E-state index contributed by atoms with van der Waals surface area (Å²) in [6.07, 6.45) is 1.38. The van der Waals surface area contributed by atoms with Gasteiger partial charge in [0.15, 0.2) is 0 Å². The van der Waals surface area contributed by atoms with Gasteiger partial charge in [-0.25, -0.2) is 9.59 Å². The third-order valence-corrected chi connectivity index (χ3v) is 2.58. The zero-order valence-electron chi connectivity index (χ0n) is 10.7. The Morgan fingerprint density at radius 2 is 1.63 bits per heavy atom. The van der Waals surface area contributed by atoms with Crippen molar-refractivity contribution >= 4 is 11.9 Å². The first-order valence-electron chi connectivity index (χ1n) is 6.01. The summed E-state index contributed by atoms with van der Waals surface area (Å²) in [6, 6.07) is 0. The molecule has 2 heterocycles. The summed E-state index contributed by atoms with van der Waals surface area (Å²) in [5.74, 6) is -1.05. The minimum atomic E-state index is -0.562. The van der Waals surface area contributed by atoms with Crippen LogP contribution in [-0.2, 0) is 28.5 Å². The molecule has 0 saturated carbocycles. The standard InChI is InChI=1S/C13H16O6/c1-8(12(14)18-6-10-4-16-10)3-9(2)13(15)19-7-11-5-17-11/h3,10-11H,1,4-7H2,2H3/b9-3+. The zero-order chi connectivity index (χ0) is 13.8. The highest BCUT2D eigenvalue weighted by molar-refractivity contribution is 5.95. The number of rotatable bonds is 7. The van der Waals surface area contributed by atoms with Crippen molar-refractivity contribution in [3.63, 3.8) is 0 Å². The van der Waals surface area contributed by atoms with Gasteiger partial charge in [-0.1, -0.05) is 6.58 Å². The van der Waals surface area contributed by atoms with Crippen molar-refractivity contribution in [1.82, 2.24) is 0 Å². The van der Waals surface area contributed by atoms with Gasteiger partial charge in [-0.15, -0.1) is 0 Å². The van der Waals surface area contributed by atoms with Crippen LogP contribution in [0.25, 0.3) is 0 Å². The van der Waals surface area contributed by atoms with Crippen LogP contribution in [0, 0.1) is 0 Å². The van der Waals surface area contributed by atoms with Gasteiger partial charge in [0.25, 0.3) is 0 Å². The van der Waals surface area contributed by atoms with Gasteiger partial charge < -0.3 is 18.9 Å². The molecule has 104 valence electrons. The van der Waals surface area contributed by atoms with E-state index in [9.17, 15) is 9.59 Å². The second-order valence-electron chi connectivity index (χ2n) is 4.46. The van der Waals surface area contributed by atoms with E-state index in [-0.39, 0.29) is 31.0 Å². The Labute approximate surface area is 111 Å². The molecule has 2 fully saturated rings. The number of epoxide rings is 2. The minimum absolute atomic E-state index is 0.00494. The van der Waals surface area contributed by atoms with Gasteiger partial charge in [-0.3, -0.25) is 0 Å². The fourth-order valence-corrected chi connectivity index (χ4v) is 1.25. The highest BCUT2D eigenvalue weighted by atomic mass is 16.6. The van der Waals surface area contributed by atoms with E-state index in [1.54, 1.807) is 6.92 Å². The maximum Gasteiger partial charge on any atom is 0.337 e. The summed E-state index contributed by atoms with van der Waals surface area (Å²) in [6.45, 7) is 6.80. The van der Waals surface area contributed by atoms with Crippen LogP contribution in [0.2, 0.25) is 0 Å². The van der Waals surface area contributed by atoms with Gasteiger partial charge in [0.2, 0.25) is 0 Å². The van der Waals surface area contributed by atoms with E-state index in [0.29, 0.717) is 18.8 Å². The molecule has 0 aromatic carbocycles. The number of carbonyl (C=O) groups is 2. The molecule has 2 atom stereocenters. The smallest absolute Gasteiger partial charge is 0.337 e. The molecule has 0 aromatic heterocycles. The van der Waals surface area contributed by atoms with E-state index in [4.69, 9.17) is 18.9 Å². The Morgan fingerprint density at radius 1 is 1.16 bits per heavy atom. The third kappa shape index (κ3) is 4.84. The molecule has 0 bridgehead atoms. The fourth-order valence-electron chi connectivity index (χ4n) is 1.25. The van der Waals surface area contributed by atoms with Gasteiger partial charge in [0.1, 0.15) is 25.4 Å². The predicted molar refractivity (Wildman–Crippen MR) is 64.3 cm³/mol. The van der Waals surface area contributed by atoms with Crippen molar-refractivity contribution < 1.29 is 28.5 Å². The van der Waals surface area contributed by atoms with Gasteiger partial charge in [0, 0.05) is 5.57 Å². The molecule has 2 aliphatic heterocycles. The molecule has 0 aromatic rings. The fraction of sp³-hybridized carbons (Fsp3) is 0.538. The van der Waals surface area contributed by atoms with Crippen molar-refractivity contribution in [2.45, 2.75) is 19.1 Å². The molecule has 0 amide bonds. The average Bonchev–Trinajstić information content (AvgIpc) is 3.27. The van der Waals surface area contributed by atoms with Crippen molar-refractivity contribution in [2.75, 3.05) is 26.4 Å². The monoisotopic (exact) mass is 268 g/mol. The van der Waals surface area contributed by atoms with Crippen LogP contribution in [0.3, 0.4) is 0 Å². The largest absolute Gasteiger partial charge is 0.459 e. The van der Waals surface area contributed by atoms with Crippen LogP contribution in [-0.4, -0.2) is 50.6 Å². The van der Waals surface area contributed by atoms with Crippen LogP contribution in [0.5, 0.6) is 0 Å². The van der Waals surface area contributed by atoms with Gasteiger partial charge in [-0.05, 0) is 13.0 Å². The van der Waals surface area contributed by atoms with Crippen molar-refractivity contribution in [2.24, 2.45) is 0 Å². The molecule has 0 N–H and O–H groups in total. The normalized spacial score (nSPS) is 24.6. The number of esters is 2. The Hall–Kier alpha value is -1.66. The van der Waals surface area contributed by atoms with E-state index < -0.39 is 11.9 Å². The quantitative estimate of drug-likeness (QED) is 0.287. The van der Waals surface area contributed by atoms with E-state index in [1.807, 2.05) is 0 Å². The zero-order valence-corrected chi connectivity index (χ0v) is 10.7. The molecule has 0 radical (unpaired) electrons. The first-order chi connectivity index (χ1) is 9.06. The maximum absolute atomic E-state index is 11.6. The number of ether oxygens (including phenoxy) is 4. The van der Waals surface area contributed by atoms with E-state index in [1.165, 1.54) is 6.08 Å². The first kappa shape index (κ1) is 13.8. The summed E-state index contributed by atoms with van der Waals surface area (Å²) in [5, 5.41) is 0. The van der Waals surface area contributed by atoms with Gasteiger partial charge in [-0.2, -0.15) is 0 Å². The van der Waals surface area contributed by atoms with Crippen LogP contribution in [0.15, 0.2) is 23.8 Å². The summed E-state index contributed by atoms with van der Waals surface area (Å²) in [5.41, 5.74) is 0.406.